The van der Waals surface area contributed by atoms with E-state index in [1.165, 1.54) is 0 Å². The van der Waals surface area contributed by atoms with Gasteiger partial charge in [0.05, 0.1) is 0 Å². The molecule has 0 saturated heterocycles. The first kappa shape index (κ1) is 35.4. The van der Waals surface area contributed by atoms with Crippen molar-refractivity contribution in [2.24, 2.45) is 0 Å². The van der Waals surface area contributed by atoms with Crippen LogP contribution >= 0.6 is 0 Å². The number of unbranched alkanes of at least 4 members (excludes halogenated alkanes) is 2. The van der Waals surface area contributed by atoms with Gasteiger partial charge in [-0.25, -0.2) is 19.2 Å². The third-order valence-electron chi connectivity index (χ3n) is 3.17. The summed E-state index contributed by atoms with van der Waals surface area (Å²) in [5.74, 6) is -3.62. The molecular formula is C23H32O12. The predicted molar refractivity (Wildman–Crippen MR) is 122 cm³/mol. The number of carbonyl (C=O) groups is 6. The van der Waals surface area contributed by atoms with Crippen LogP contribution in [0, 0.1) is 0 Å². The molecule has 0 atom stereocenters. The Kier molecular flexibility index (Phi) is 24.7. The maximum absolute atomic E-state index is 11.3. The summed E-state index contributed by atoms with van der Waals surface area (Å²) in [6.07, 6.45) is 5.83. The molecule has 12 heteroatoms. The van der Waals surface area contributed by atoms with E-state index < -0.39 is 56.2 Å². The lowest BCUT2D eigenvalue weighted by atomic mass is 10.1. The van der Waals surface area contributed by atoms with Crippen LogP contribution in [0.1, 0.15) is 39.5 Å². The van der Waals surface area contributed by atoms with Crippen LogP contribution in [0.2, 0.25) is 0 Å². The second-order valence-electron chi connectivity index (χ2n) is 5.62. The van der Waals surface area contributed by atoms with Crippen molar-refractivity contribution in [1.82, 2.24) is 0 Å². The standard InChI is InChI=1S/C15H20O8.C7H8O4.CH4/c1-3-12(16)20-10-22-14(18)8-6-5-7-9-15(19)23-11-21-13(17)4-2;1-3-6(8)10-5-11-7(9)4-2;/h3-4H,1-2,5-11H2;3-4H,1-2,5H2;1H4. The third-order valence-corrected chi connectivity index (χ3v) is 3.17. The molecule has 0 aliphatic carbocycles. The van der Waals surface area contributed by atoms with Crippen LogP contribution in [-0.4, -0.2) is 56.2 Å². The van der Waals surface area contributed by atoms with Gasteiger partial charge in [0.1, 0.15) is 0 Å². The van der Waals surface area contributed by atoms with Crippen LogP contribution in [0.25, 0.3) is 0 Å². The van der Waals surface area contributed by atoms with E-state index in [0.717, 1.165) is 24.3 Å². The fourth-order valence-electron chi connectivity index (χ4n) is 1.55. The molecule has 0 amide bonds. The van der Waals surface area contributed by atoms with E-state index >= 15 is 0 Å². The molecule has 0 aliphatic rings. The highest BCUT2D eigenvalue weighted by molar-refractivity contribution is 5.83. The van der Waals surface area contributed by atoms with E-state index in [1.807, 2.05) is 0 Å². The fraction of sp³-hybridized carbons (Fsp3) is 0.391. The van der Waals surface area contributed by atoms with E-state index in [-0.39, 0.29) is 20.3 Å². The molecule has 0 unspecified atom stereocenters. The Balaban J connectivity index is -0.000000720. The van der Waals surface area contributed by atoms with E-state index in [1.54, 1.807) is 0 Å². The Labute approximate surface area is 204 Å². The second kappa shape index (κ2) is 24.4. The van der Waals surface area contributed by atoms with Gasteiger partial charge in [0.25, 0.3) is 0 Å². The molecule has 0 rings (SSSR count). The van der Waals surface area contributed by atoms with Gasteiger partial charge in [-0.2, -0.15) is 0 Å². The van der Waals surface area contributed by atoms with Crippen molar-refractivity contribution < 1.29 is 57.2 Å². The van der Waals surface area contributed by atoms with Gasteiger partial charge in [0.15, 0.2) is 0 Å². The number of ether oxygens (including phenoxy) is 6. The molecule has 0 aromatic heterocycles. The van der Waals surface area contributed by atoms with Gasteiger partial charge in [0.2, 0.25) is 20.4 Å². The van der Waals surface area contributed by atoms with Crippen LogP contribution in [0.3, 0.4) is 0 Å². The van der Waals surface area contributed by atoms with E-state index in [9.17, 15) is 28.8 Å². The molecule has 0 aliphatic heterocycles. The molecular weight excluding hydrogens is 468 g/mol. The molecule has 0 saturated carbocycles. The van der Waals surface area contributed by atoms with Crippen LogP contribution < -0.4 is 0 Å². The number of carbonyl (C=O) groups excluding carboxylic acids is 6. The van der Waals surface area contributed by atoms with Crippen LogP contribution in [0.5, 0.6) is 0 Å². The average molecular weight is 500 g/mol. The van der Waals surface area contributed by atoms with Crippen molar-refractivity contribution >= 4 is 35.8 Å². The van der Waals surface area contributed by atoms with Gasteiger partial charge in [0, 0.05) is 37.1 Å². The summed E-state index contributed by atoms with van der Waals surface area (Å²) in [4.78, 5) is 64.5. The first-order chi connectivity index (χ1) is 16.2. The highest BCUT2D eigenvalue weighted by Gasteiger charge is 2.07. The molecule has 0 bridgehead atoms. The lowest BCUT2D eigenvalue weighted by Crippen LogP contribution is -2.11. The number of hydrogen-bond donors (Lipinski definition) is 0. The molecule has 0 radical (unpaired) electrons. The third kappa shape index (κ3) is 25.9. The summed E-state index contributed by atoms with van der Waals surface area (Å²) in [5.41, 5.74) is 0. The summed E-state index contributed by atoms with van der Waals surface area (Å²) >= 11 is 0. The Morgan fingerprint density at radius 1 is 0.457 bits per heavy atom. The minimum absolute atomic E-state index is 0. The monoisotopic (exact) mass is 500 g/mol. The maximum atomic E-state index is 11.3. The molecule has 196 valence electrons. The van der Waals surface area contributed by atoms with E-state index in [0.29, 0.717) is 19.3 Å². The average Bonchev–Trinajstić information content (AvgIpc) is 2.83. The van der Waals surface area contributed by atoms with Gasteiger partial charge in [-0.1, -0.05) is 40.2 Å². The largest absolute Gasteiger partial charge is 0.428 e. The van der Waals surface area contributed by atoms with Gasteiger partial charge < -0.3 is 28.4 Å². The molecule has 0 aromatic rings. The highest BCUT2D eigenvalue weighted by atomic mass is 16.7. The Morgan fingerprint density at radius 3 is 0.971 bits per heavy atom. The topological polar surface area (TPSA) is 158 Å². The van der Waals surface area contributed by atoms with Crippen molar-refractivity contribution in [3.05, 3.63) is 50.6 Å². The van der Waals surface area contributed by atoms with Crippen molar-refractivity contribution in [2.75, 3.05) is 20.4 Å². The SMILES string of the molecule is C.C=CC(=O)OCOC(=O)C=C.C=CC(=O)OCOC(=O)CCCCCC(=O)OCOC(=O)C=C. The lowest BCUT2D eigenvalue weighted by molar-refractivity contribution is -0.165. The zero-order valence-electron chi connectivity index (χ0n) is 18.7. The Bertz CT molecular complexity index is 679. The molecule has 0 spiro atoms. The Hall–Kier alpha value is -4.22. The maximum Gasteiger partial charge on any atom is 0.333 e. The van der Waals surface area contributed by atoms with E-state index in [4.69, 9.17) is 0 Å². The van der Waals surface area contributed by atoms with Gasteiger partial charge in [-0.15, -0.1) is 0 Å². The fourth-order valence-corrected chi connectivity index (χ4v) is 1.55. The quantitative estimate of drug-likeness (QED) is 0.100. The van der Waals surface area contributed by atoms with Crippen molar-refractivity contribution in [1.29, 1.82) is 0 Å². The molecule has 0 aromatic carbocycles. The first-order valence-electron chi connectivity index (χ1n) is 9.68. The number of esters is 6. The van der Waals surface area contributed by atoms with Gasteiger partial charge in [-0.3, -0.25) is 9.59 Å². The van der Waals surface area contributed by atoms with Gasteiger partial charge in [-0.05, 0) is 12.8 Å². The zero-order chi connectivity index (χ0) is 26.2. The lowest BCUT2D eigenvalue weighted by Gasteiger charge is -2.05. The molecule has 0 fully saturated rings. The summed E-state index contributed by atoms with van der Waals surface area (Å²) in [7, 11) is 0. The summed E-state index contributed by atoms with van der Waals surface area (Å²) in [5, 5.41) is 0. The predicted octanol–water partition coefficient (Wildman–Crippen LogP) is 2.44. The molecule has 12 nitrogen and oxygen atoms in total. The minimum atomic E-state index is -0.671. The highest BCUT2D eigenvalue weighted by Crippen LogP contribution is 2.05. The normalized spacial score (nSPS) is 8.69. The molecule has 0 N–H and O–H groups in total. The zero-order valence-corrected chi connectivity index (χ0v) is 18.7. The van der Waals surface area contributed by atoms with Crippen molar-refractivity contribution in [2.45, 2.75) is 39.5 Å². The van der Waals surface area contributed by atoms with Crippen molar-refractivity contribution in [3.63, 3.8) is 0 Å². The first-order valence-corrected chi connectivity index (χ1v) is 9.68. The minimum Gasteiger partial charge on any atom is -0.428 e. The smallest absolute Gasteiger partial charge is 0.333 e. The molecule has 35 heavy (non-hydrogen) atoms. The number of rotatable bonds is 16. The Morgan fingerprint density at radius 2 is 0.714 bits per heavy atom. The van der Waals surface area contributed by atoms with Crippen LogP contribution in [0.4, 0.5) is 0 Å². The summed E-state index contributed by atoms with van der Waals surface area (Å²) in [6, 6.07) is 0. The molecule has 0 heterocycles. The van der Waals surface area contributed by atoms with Gasteiger partial charge >= 0.3 is 35.8 Å². The second-order valence-corrected chi connectivity index (χ2v) is 5.62. The summed E-state index contributed by atoms with van der Waals surface area (Å²) < 4.78 is 26.9. The van der Waals surface area contributed by atoms with Crippen molar-refractivity contribution in [3.8, 4) is 0 Å². The number of hydrogen-bond acceptors (Lipinski definition) is 12. The van der Waals surface area contributed by atoms with E-state index in [2.05, 4.69) is 54.7 Å². The van der Waals surface area contributed by atoms with Crippen LogP contribution in [0.15, 0.2) is 50.6 Å². The summed E-state index contributed by atoms with van der Waals surface area (Å²) in [6.45, 7) is 11.4. The van der Waals surface area contributed by atoms with Crippen LogP contribution in [-0.2, 0) is 57.2 Å².